The molecule has 0 radical (unpaired) electrons. The van der Waals surface area contributed by atoms with Crippen molar-refractivity contribution in [1.29, 1.82) is 0 Å². The molecule has 1 aliphatic rings. The lowest BCUT2D eigenvalue weighted by Crippen LogP contribution is -2.44. The molecule has 1 fully saturated rings. The molecule has 0 bridgehead atoms. The van der Waals surface area contributed by atoms with Crippen LogP contribution in [0.25, 0.3) is 0 Å². The summed E-state index contributed by atoms with van der Waals surface area (Å²) >= 11 is 3.37. The first-order valence-corrected chi connectivity index (χ1v) is 7.31. The van der Waals surface area contributed by atoms with Crippen LogP contribution in [0.1, 0.15) is 18.4 Å². The van der Waals surface area contributed by atoms with Crippen molar-refractivity contribution in [2.45, 2.75) is 19.8 Å². The summed E-state index contributed by atoms with van der Waals surface area (Å²) in [5.41, 5.74) is 1.70. The van der Waals surface area contributed by atoms with Gasteiger partial charge in [0.1, 0.15) is 0 Å². The molecule has 2 N–H and O–H groups in total. The number of rotatable bonds is 2. The van der Waals surface area contributed by atoms with Crippen LogP contribution in [0.3, 0.4) is 0 Å². The maximum Gasteiger partial charge on any atom is 0.321 e. The van der Waals surface area contributed by atoms with Crippen LogP contribution in [0.4, 0.5) is 10.5 Å². The molecular weight excluding hydrogens is 324 g/mol. The molecule has 20 heavy (non-hydrogen) atoms. The third-order valence-corrected chi connectivity index (χ3v) is 3.98. The van der Waals surface area contributed by atoms with Crippen LogP contribution in [0.15, 0.2) is 22.7 Å². The van der Waals surface area contributed by atoms with Gasteiger partial charge in [0.25, 0.3) is 0 Å². The molecule has 0 aromatic heterocycles. The number of hydrogen-bond acceptors (Lipinski definition) is 2. The molecular formula is C14H17BrN2O3. The molecule has 5 nitrogen and oxygen atoms in total. The zero-order chi connectivity index (χ0) is 14.7. The van der Waals surface area contributed by atoms with Crippen molar-refractivity contribution in [3.05, 3.63) is 28.2 Å². The number of carbonyl (C=O) groups excluding carboxylic acids is 1. The van der Waals surface area contributed by atoms with Crippen LogP contribution in [0, 0.1) is 12.8 Å². The van der Waals surface area contributed by atoms with E-state index < -0.39 is 11.9 Å². The highest BCUT2D eigenvalue weighted by atomic mass is 79.9. The van der Waals surface area contributed by atoms with Gasteiger partial charge in [-0.15, -0.1) is 0 Å². The number of aliphatic carboxylic acids is 1. The summed E-state index contributed by atoms with van der Waals surface area (Å²) in [4.78, 5) is 24.8. The maximum atomic E-state index is 12.2. The quantitative estimate of drug-likeness (QED) is 0.869. The number of urea groups is 1. The molecule has 0 saturated carbocycles. The molecule has 1 aliphatic heterocycles. The van der Waals surface area contributed by atoms with Gasteiger partial charge in [0, 0.05) is 23.2 Å². The van der Waals surface area contributed by atoms with E-state index in [2.05, 4.69) is 21.2 Å². The Balaban J connectivity index is 2.02. The molecule has 0 spiro atoms. The fourth-order valence-corrected chi connectivity index (χ4v) is 2.80. The second-order valence-electron chi connectivity index (χ2n) is 5.01. The van der Waals surface area contributed by atoms with Crippen LogP contribution in [0.2, 0.25) is 0 Å². The van der Waals surface area contributed by atoms with E-state index in [-0.39, 0.29) is 12.6 Å². The zero-order valence-corrected chi connectivity index (χ0v) is 12.8. The number of amides is 2. The lowest BCUT2D eigenvalue weighted by Gasteiger charge is -2.30. The zero-order valence-electron chi connectivity index (χ0n) is 11.2. The summed E-state index contributed by atoms with van der Waals surface area (Å²) in [5.74, 6) is -1.29. The molecule has 1 saturated heterocycles. The standard InChI is InChI=1S/C14H17BrN2O3/c1-9-7-11(15)4-5-12(9)16-14(20)17-6-2-3-10(8-17)13(18)19/h4-5,7,10H,2-3,6,8H2,1H3,(H,16,20)(H,18,19)/t10-/m1/s1. The van der Waals surface area contributed by atoms with Crippen LogP contribution < -0.4 is 5.32 Å². The minimum absolute atomic E-state index is 0.235. The summed E-state index contributed by atoms with van der Waals surface area (Å²) in [6.45, 7) is 2.79. The first-order chi connectivity index (χ1) is 9.47. The number of piperidine rings is 1. The SMILES string of the molecule is Cc1cc(Br)ccc1NC(=O)N1CCC[C@@H](C(=O)O)C1. The van der Waals surface area contributed by atoms with Gasteiger partial charge in [-0.2, -0.15) is 0 Å². The number of nitrogens with one attached hydrogen (secondary N) is 1. The Labute approximate surface area is 126 Å². The van der Waals surface area contributed by atoms with Gasteiger partial charge in [-0.05, 0) is 43.5 Å². The van der Waals surface area contributed by atoms with Crippen molar-refractivity contribution >= 4 is 33.6 Å². The summed E-state index contributed by atoms with van der Waals surface area (Å²) < 4.78 is 0.955. The molecule has 1 aromatic rings. The number of benzene rings is 1. The van der Waals surface area contributed by atoms with Crippen LogP contribution in [-0.4, -0.2) is 35.1 Å². The number of anilines is 1. The van der Waals surface area contributed by atoms with E-state index in [1.54, 1.807) is 4.90 Å². The average molecular weight is 341 g/mol. The molecule has 2 amide bonds. The Morgan fingerprint density at radius 1 is 1.45 bits per heavy atom. The summed E-state index contributed by atoms with van der Waals surface area (Å²) in [6.07, 6.45) is 1.36. The highest BCUT2D eigenvalue weighted by Crippen LogP contribution is 2.22. The Kier molecular flexibility index (Phi) is 4.65. The molecule has 6 heteroatoms. The number of carbonyl (C=O) groups is 2. The van der Waals surface area contributed by atoms with Gasteiger partial charge >= 0.3 is 12.0 Å². The number of halogens is 1. The Morgan fingerprint density at radius 3 is 2.85 bits per heavy atom. The monoisotopic (exact) mass is 340 g/mol. The van der Waals surface area contributed by atoms with E-state index in [0.29, 0.717) is 13.0 Å². The fourth-order valence-electron chi connectivity index (χ4n) is 2.32. The van der Waals surface area contributed by atoms with Crippen molar-refractivity contribution < 1.29 is 14.7 Å². The van der Waals surface area contributed by atoms with Crippen molar-refractivity contribution in [1.82, 2.24) is 4.90 Å². The Morgan fingerprint density at radius 2 is 2.20 bits per heavy atom. The van der Waals surface area contributed by atoms with E-state index in [9.17, 15) is 9.59 Å². The van der Waals surface area contributed by atoms with E-state index in [1.807, 2.05) is 25.1 Å². The number of carboxylic acids is 1. The average Bonchev–Trinajstić information content (AvgIpc) is 2.42. The highest BCUT2D eigenvalue weighted by Gasteiger charge is 2.28. The third-order valence-electron chi connectivity index (χ3n) is 3.49. The second kappa shape index (κ2) is 6.26. The number of nitrogens with zero attached hydrogens (tertiary/aromatic N) is 1. The van der Waals surface area contributed by atoms with Crippen LogP contribution in [-0.2, 0) is 4.79 Å². The highest BCUT2D eigenvalue weighted by molar-refractivity contribution is 9.10. The lowest BCUT2D eigenvalue weighted by atomic mass is 9.99. The van der Waals surface area contributed by atoms with Crippen molar-refractivity contribution in [3.63, 3.8) is 0 Å². The number of hydrogen-bond donors (Lipinski definition) is 2. The lowest BCUT2D eigenvalue weighted by molar-refractivity contribution is -0.143. The Hall–Kier alpha value is -1.56. The Bertz CT molecular complexity index is 533. The predicted molar refractivity (Wildman–Crippen MR) is 79.8 cm³/mol. The molecule has 108 valence electrons. The van der Waals surface area contributed by atoms with Gasteiger partial charge in [0.05, 0.1) is 5.92 Å². The number of aryl methyl sites for hydroxylation is 1. The normalized spacial score (nSPS) is 18.7. The van der Waals surface area contributed by atoms with Crippen LogP contribution >= 0.6 is 15.9 Å². The van der Waals surface area contributed by atoms with Gasteiger partial charge in [0.2, 0.25) is 0 Å². The smallest absolute Gasteiger partial charge is 0.321 e. The minimum Gasteiger partial charge on any atom is -0.481 e. The second-order valence-corrected chi connectivity index (χ2v) is 5.93. The van der Waals surface area contributed by atoms with Gasteiger partial charge in [-0.25, -0.2) is 4.79 Å². The molecule has 1 atom stereocenters. The van der Waals surface area contributed by atoms with Crippen LogP contribution in [0.5, 0.6) is 0 Å². The number of carboxylic acid groups (broad SMARTS) is 1. The molecule has 2 rings (SSSR count). The largest absolute Gasteiger partial charge is 0.481 e. The summed E-state index contributed by atoms with van der Waals surface area (Å²) in [6, 6.07) is 5.38. The molecule has 0 aliphatic carbocycles. The summed E-state index contributed by atoms with van der Waals surface area (Å²) in [7, 11) is 0. The predicted octanol–water partition coefficient (Wildman–Crippen LogP) is 3.09. The fraction of sp³-hybridized carbons (Fsp3) is 0.429. The topological polar surface area (TPSA) is 69.6 Å². The molecule has 1 heterocycles. The van der Waals surface area contributed by atoms with Crippen molar-refractivity contribution in [2.24, 2.45) is 5.92 Å². The van der Waals surface area contributed by atoms with Gasteiger partial charge in [-0.1, -0.05) is 15.9 Å². The van der Waals surface area contributed by atoms with E-state index >= 15 is 0 Å². The molecule has 1 aromatic carbocycles. The van der Waals surface area contributed by atoms with Gasteiger partial charge < -0.3 is 15.3 Å². The van der Waals surface area contributed by atoms with Crippen molar-refractivity contribution in [2.75, 3.05) is 18.4 Å². The number of likely N-dealkylation sites (tertiary alicyclic amines) is 1. The van der Waals surface area contributed by atoms with E-state index in [0.717, 1.165) is 22.1 Å². The minimum atomic E-state index is -0.831. The summed E-state index contributed by atoms with van der Waals surface area (Å²) in [5, 5.41) is 11.9. The maximum absolute atomic E-state index is 12.2. The van der Waals surface area contributed by atoms with Crippen molar-refractivity contribution in [3.8, 4) is 0 Å². The first-order valence-electron chi connectivity index (χ1n) is 6.52. The van der Waals surface area contributed by atoms with E-state index in [4.69, 9.17) is 5.11 Å². The third kappa shape index (κ3) is 3.50. The molecule has 0 unspecified atom stereocenters. The first kappa shape index (κ1) is 14.8. The van der Waals surface area contributed by atoms with E-state index in [1.165, 1.54) is 0 Å². The van der Waals surface area contributed by atoms with Gasteiger partial charge in [-0.3, -0.25) is 4.79 Å². The van der Waals surface area contributed by atoms with Gasteiger partial charge in [0.15, 0.2) is 0 Å².